The van der Waals surface area contributed by atoms with E-state index in [-0.39, 0.29) is 17.2 Å². The molecule has 20 heavy (non-hydrogen) atoms. The summed E-state index contributed by atoms with van der Waals surface area (Å²) in [6.45, 7) is 8.19. The molecule has 1 amide bonds. The first-order chi connectivity index (χ1) is 9.18. The average Bonchev–Trinajstić information content (AvgIpc) is 2.82. The van der Waals surface area contributed by atoms with Crippen LogP contribution in [0.5, 0.6) is 0 Å². The van der Waals surface area contributed by atoms with Crippen LogP contribution in [0, 0.1) is 24.2 Å². The fourth-order valence-electron chi connectivity index (χ4n) is 2.25. The monoisotopic (exact) mass is 282 g/mol. The van der Waals surface area contributed by atoms with Gasteiger partial charge in [-0.2, -0.15) is 0 Å². The van der Waals surface area contributed by atoms with E-state index in [9.17, 15) is 14.7 Å². The summed E-state index contributed by atoms with van der Waals surface area (Å²) in [5.74, 6) is -0.909. The van der Waals surface area contributed by atoms with Gasteiger partial charge in [-0.15, -0.1) is 12.8 Å². The van der Waals surface area contributed by atoms with E-state index in [0.29, 0.717) is 13.0 Å². The summed E-state index contributed by atoms with van der Waals surface area (Å²) in [5, 5.41) is 9.20. The number of hydrogen-bond acceptors (Lipinski definition) is 3. The number of carboxylic acid groups (broad SMARTS) is 1. The number of terminal acetylenes is 1. The second-order valence-electron chi connectivity index (χ2n) is 6.20. The van der Waals surface area contributed by atoms with E-state index in [0.717, 1.165) is 6.42 Å². The Morgan fingerprint density at radius 2 is 1.90 bits per heavy atom. The van der Waals surface area contributed by atoms with Crippen molar-refractivity contribution in [1.29, 1.82) is 0 Å². The number of nitrogens with zero attached hydrogens (tertiary/aromatic N) is 1. The molecule has 5 heteroatoms. The Labute approximate surface area is 121 Å². The largest absolute Gasteiger partial charge is 0.480 e. The van der Waals surface area contributed by atoms with Crippen molar-refractivity contribution in [1.82, 2.24) is 4.90 Å². The molecule has 0 radical (unpaired) electrons. The summed E-state index contributed by atoms with van der Waals surface area (Å²) in [7, 11) is 0. The van der Waals surface area contributed by atoms with Crippen LogP contribution in [-0.4, -0.2) is 40.5 Å². The molecule has 1 aliphatic rings. The molecule has 1 rings (SSSR count). The van der Waals surface area contributed by atoms with Crippen molar-refractivity contribution in [2.24, 2.45) is 17.1 Å². The van der Waals surface area contributed by atoms with Crippen LogP contribution in [0.4, 0.5) is 0 Å². The van der Waals surface area contributed by atoms with Crippen LogP contribution in [0.2, 0.25) is 0 Å². The van der Waals surface area contributed by atoms with E-state index in [1.165, 1.54) is 4.90 Å². The summed E-state index contributed by atoms with van der Waals surface area (Å²) < 4.78 is 0. The molecule has 0 spiro atoms. The predicted molar refractivity (Wildman–Crippen MR) is 78.9 cm³/mol. The van der Waals surface area contributed by atoms with Gasteiger partial charge >= 0.3 is 5.97 Å². The number of carbonyl (C=O) groups excluding carboxylic acids is 1. The van der Waals surface area contributed by atoms with Crippen molar-refractivity contribution in [2.75, 3.05) is 6.54 Å². The quantitative estimate of drug-likeness (QED) is 0.765. The minimum atomic E-state index is -0.930. The fraction of sp³-hybridized carbons (Fsp3) is 0.733. The maximum Gasteiger partial charge on any atom is 0.326 e. The normalized spacial score (nSPS) is 23.6. The lowest BCUT2D eigenvalue weighted by atomic mass is 9.86. The topological polar surface area (TPSA) is 83.6 Å². The van der Waals surface area contributed by atoms with Gasteiger partial charge in [0.2, 0.25) is 5.91 Å². The highest BCUT2D eigenvalue weighted by Crippen LogP contribution is 2.28. The molecular weight excluding hydrogens is 256 g/mol. The summed E-state index contributed by atoms with van der Waals surface area (Å²) in [5.41, 5.74) is 5.58. The summed E-state index contributed by atoms with van der Waals surface area (Å²) in [4.78, 5) is 25.0. The van der Waals surface area contributed by atoms with Gasteiger partial charge in [-0.3, -0.25) is 4.79 Å². The molecule has 1 saturated heterocycles. The molecule has 2 unspecified atom stereocenters. The summed E-state index contributed by atoms with van der Waals surface area (Å²) in [6, 6.07) is -1.37. The number of aliphatic carboxylic acids is 1. The van der Waals surface area contributed by atoms with Crippen molar-refractivity contribution < 1.29 is 14.7 Å². The van der Waals surface area contributed by atoms with Crippen molar-refractivity contribution in [3.63, 3.8) is 0 Å². The second-order valence-corrected chi connectivity index (χ2v) is 6.20. The minimum Gasteiger partial charge on any atom is -0.480 e. The number of carbonyl (C=O) groups is 2. The van der Waals surface area contributed by atoms with Crippen molar-refractivity contribution in [3.05, 3.63) is 0 Å². The first kappa shape index (κ1) is 18.5. The zero-order chi connectivity index (χ0) is 16.1. The Morgan fingerprint density at radius 3 is 2.25 bits per heavy atom. The number of hydrogen-bond donors (Lipinski definition) is 2. The Balaban J connectivity index is 0.00000172. The molecule has 0 aromatic rings. The number of amides is 1. The summed E-state index contributed by atoms with van der Waals surface area (Å²) >= 11 is 0. The molecule has 0 aromatic heterocycles. The van der Waals surface area contributed by atoms with Gasteiger partial charge in [-0.25, -0.2) is 4.79 Å². The Morgan fingerprint density at radius 1 is 1.40 bits per heavy atom. The Hall–Kier alpha value is -1.54. The van der Waals surface area contributed by atoms with E-state index in [2.05, 4.69) is 12.8 Å². The molecular formula is C15H26N2O3. The van der Waals surface area contributed by atoms with Crippen LogP contribution in [0.3, 0.4) is 0 Å². The lowest BCUT2D eigenvalue weighted by Crippen LogP contribution is -2.53. The molecule has 3 atom stereocenters. The molecule has 5 nitrogen and oxygen atoms in total. The SMILES string of the molecule is C#C.CCC1C[C@@H](C(=O)O)N(C(=O)C(N)C(C)(C)C)C1. The number of rotatable bonds is 3. The molecule has 3 N–H and O–H groups in total. The number of carboxylic acids is 1. The first-order valence-electron chi connectivity index (χ1n) is 6.80. The third kappa shape index (κ3) is 4.24. The maximum absolute atomic E-state index is 12.3. The number of nitrogens with two attached hydrogens (primary N) is 1. The highest BCUT2D eigenvalue weighted by Gasteiger charge is 2.42. The van der Waals surface area contributed by atoms with Crippen LogP contribution in [-0.2, 0) is 9.59 Å². The van der Waals surface area contributed by atoms with Crippen LogP contribution >= 0.6 is 0 Å². The van der Waals surface area contributed by atoms with Gasteiger partial charge in [0.15, 0.2) is 0 Å². The fourth-order valence-corrected chi connectivity index (χ4v) is 2.25. The number of likely N-dealkylation sites (tertiary alicyclic amines) is 1. The van der Waals surface area contributed by atoms with Crippen LogP contribution in [0.15, 0.2) is 0 Å². The smallest absolute Gasteiger partial charge is 0.326 e. The lowest BCUT2D eigenvalue weighted by molar-refractivity contribution is -0.149. The molecule has 0 bridgehead atoms. The minimum absolute atomic E-state index is 0.245. The molecule has 1 heterocycles. The van der Waals surface area contributed by atoms with Crippen LogP contribution in [0.25, 0.3) is 0 Å². The predicted octanol–water partition coefficient (Wildman–Crippen LogP) is 1.32. The molecule has 0 saturated carbocycles. The van der Waals surface area contributed by atoms with E-state index in [4.69, 9.17) is 5.73 Å². The van der Waals surface area contributed by atoms with Gasteiger partial charge in [0, 0.05) is 6.54 Å². The second kappa shape index (κ2) is 7.30. The van der Waals surface area contributed by atoms with Gasteiger partial charge in [-0.1, -0.05) is 34.1 Å². The van der Waals surface area contributed by atoms with Gasteiger partial charge in [0.05, 0.1) is 6.04 Å². The summed E-state index contributed by atoms with van der Waals surface area (Å²) in [6.07, 6.45) is 9.42. The zero-order valence-corrected chi connectivity index (χ0v) is 12.8. The Bertz CT molecular complexity index is 371. The van der Waals surface area contributed by atoms with Gasteiger partial charge in [-0.05, 0) is 17.8 Å². The first-order valence-corrected chi connectivity index (χ1v) is 6.80. The lowest BCUT2D eigenvalue weighted by Gasteiger charge is -2.31. The maximum atomic E-state index is 12.3. The Kier molecular flexibility index (Phi) is 6.74. The van der Waals surface area contributed by atoms with Crippen LogP contribution in [0.1, 0.15) is 40.5 Å². The van der Waals surface area contributed by atoms with Gasteiger partial charge in [0.1, 0.15) is 6.04 Å². The highest BCUT2D eigenvalue weighted by atomic mass is 16.4. The highest BCUT2D eigenvalue weighted by molar-refractivity contribution is 5.88. The molecule has 0 aliphatic carbocycles. The van der Waals surface area contributed by atoms with Crippen molar-refractivity contribution in [3.8, 4) is 12.8 Å². The van der Waals surface area contributed by atoms with Crippen molar-refractivity contribution in [2.45, 2.75) is 52.6 Å². The zero-order valence-electron chi connectivity index (χ0n) is 12.8. The van der Waals surface area contributed by atoms with Crippen LogP contribution < -0.4 is 5.73 Å². The molecule has 1 fully saturated rings. The molecule has 0 aromatic carbocycles. The van der Waals surface area contributed by atoms with Gasteiger partial charge < -0.3 is 15.7 Å². The third-order valence-electron chi connectivity index (χ3n) is 3.73. The third-order valence-corrected chi connectivity index (χ3v) is 3.73. The van der Waals surface area contributed by atoms with E-state index in [1.807, 2.05) is 27.7 Å². The van der Waals surface area contributed by atoms with E-state index >= 15 is 0 Å². The standard InChI is InChI=1S/C13H24N2O3.C2H2/c1-5-8-6-9(12(17)18)15(7-8)11(16)10(14)13(2,3)4;1-2/h8-10H,5-7,14H2,1-4H3,(H,17,18);1-2H/t8?,9-,10?;/m0./s1. The van der Waals surface area contributed by atoms with E-state index in [1.54, 1.807) is 0 Å². The van der Waals surface area contributed by atoms with E-state index < -0.39 is 18.1 Å². The van der Waals surface area contributed by atoms with Gasteiger partial charge in [0.25, 0.3) is 0 Å². The molecule has 114 valence electrons. The average molecular weight is 282 g/mol. The van der Waals surface area contributed by atoms with Crippen molar-refractivity contribution >= 4 is 11.9 Å². The molecule has 1 aliphatic heterocycles.